The van der Waals surface area contributed by atoms with E-state index >= 15 is 0 Å². The Labute approximate surface area is 157 Å². The summed E-state index contributed by atoms with van der Waals surface area (Å²) in [6, 6.07) is 15.5. The van der Waals surface area contributed by atoms with Crippen LogP contribution in [0.15, 0.2) is 53.0 Å². The molecule has 0 bridgehead atoms. The van der Waals surface area contributed by atoms with Gasteiger partial charge in [-0.25, -0.2) is 0 Å². The smallest absolute Gasteiger partial charge is 0.242 e. The van der Waals surface area contributed by atoms with Gasteiger partial charge < -0.3 is 10.1 Å². The summed E-state index contributed by atoms with van der Waals surface area (Å²) < 4.78 is 6.71. The molecule has 0 aliphatic carbocycles. The van der Waals surface area contributed by atoms with Crippen LogP contribution in [0.5, 0.6) is 5.75 Å². The molecule has 4 nitrogen and oxygen atoms in total. The molecule has 25 heavy (non-hydrogen) atoms. The molecular formula is C20H23BrN2O2. The Morgan fingerprint density at radius 3 is 2.80 bits per heavy atom. The highest BCUT2D eigenvalue weighted by Crippen LogP contribution is 2.34. The third kappa shape index (κ3) is 4.05. The third-order valence-electron chi connectivity index (χ3n) is 4.63. The topological polar surface area (TPSA) is 41.6 Å². The zero-order valence-corrected chi connectivity index (χ0v) is 16.1. The molecular weight excluding hydrogens is 380 g/mol. The Balaban J connectivity index is 1.84. The number of likely N-dealkylation sites (N-methyl/N-ethyl adjacent to an activating group) is 1. The molecule has 0 fully saturated rings. The van der Waals surface area contributed by atoms with Gasteiger partial charge in [0.15, 0.2) is 0 Å². The number of benzene rings is 2. The fourth-order valence-corrected chi connectivity index (χ4v) is 3.57. The Bertz CT molecular complexity index is 736. The highest BCUT2D eigenvalue weighted by Gasteiger charge is 2.29. The summed E-state index contributed by atoms with van der Waals surface area (Å²) >= 11 is 3.51. The first-order valence-electron chi connectivity index (χ1n) is 8.58. The summed E-state index contributed by atoms with van der Waals surface area (Å²) in [4.78, 5) is 15.2. The van der Waals surface area contributed by atoms with E-state index in [1.165, 1.54) is 0 Å². The lowest BCUT2D eigenvalue weighted by Gasteiger charge is -2.31. The van der Waals surface area contributed by atoms with Crippen molar-refractivity contribution < 1.29 is 9.53 Å². The van der Waals surface area contributed by atoms with E-state index in [1.54, 1.807) is 0 Å². The van der Waals surface area contributed by atoms with Gasteiger partial charge in [0.2, 0.25) is 5.91 Å². The van der Waals surface area contributed by atoms with E-state index in [0.29, 0.717) is 6.61 Å². The summed E-state index contributed by atoms with van der Waals surface area (Å²) in [5.41, 5.74) is 2.03. The van der Waals surface area contributed by atoms with Gasteiger partial charge in [-0.3, -0.25) is 9.69 Å². The molecule has 5 heteroatoms. The number of hydrogen-bond donors (Lipinski definition) is 1. The molecule has 0 aromatic heterocycles. The van der Waals surface area contributed by atoms with Crippen LogP contribution >= 0.6 is 15.9 Å². The SMILES string of the molecule is CCN(C)C(C(=O)NC1CCOc2ccc(Br)cc21)c1ccccc1. The van der Waals surface area contributed by atoms with E-state index in [1.807, 2.05) is 55.6 Å². The molecule has 2 aromatic carbocycles. The van der Waals surface area contributed by atoms with Crippen LogP contribution in [0.2, 0.25) is 0 Å². The minimum Gasteiger partial charge on any atom is -0.493 e. The summed E-state index contributed by atoms with van der Waals surface area (Å²) in [5, 5.41) is 3.23. The molecule has 0 spiro atoms. The highest BCUT2D eigenvalue weighted by atomic mass is 79.9. The van der Waals surface area contributed by atoms with Gasteiger partial charge >= 0.3 is 0 Å². The van der Waals surface area contributed by atoms with E-state index in [2.05, 4.69) is 33.1 Å². The maximum atomic E-state index is 13.1. The lowest BCUT2D eigenvalue weighted by Crippen LogP contribution is -2.41. The van der Waals surface area contributed by atoms with Gasteiger partial charge in [-0.05, 0) is 37.4 Å². The average Bonchev–Trinajstić information content (AvgIpc) is 2.63. The monoisotopic (exact) mass is 402 g/mol. The first kappa shape index (κ1) is 18.0. The minimum atomic E-state index is -0.301. The molecule has 2 aromatic rings. The fraction of sp³-hybridized carbons (Fsp3) is 0.350. The van der Waals surface area contributed by atoms with Crippen molar-refractivity contribution in [1.82, 2.24) is 10.2 Å². The van der Waals surface area contributed by atoms with Gasteiger partial charge in [-0.2, -0.15) is 0 Å². The zero-order chi connectivity index (χ0) is 17.8. The molecule has 1 amide bonds. The van der Waals surface area contributed by atoms with Crippen LogP contribution < -0.4 is 10.1 Å². The third-order valence-corrected chi connectivity index (χ3v) is 5.12. The number of hydrogen-bond acceptors (Lipinski definition) is 3. The van der Waals surface area contributed by atoms with Crippen molar-refractivity contribution in [3.05, 3.63) is 64.1 Å². The second-order valence-corrected chi connectivity index (χ2v) is 7.18. The zero-order valence-electron chi connectivity index (χ0n) is 14.5. The van der Waals surface area contributed by atoms with Gasteiger partial charge in [-0.15, -0.1) is 0 Å². The van der Waals surface area contributed by atoms with E-state index in [0.717, 1.165) is 34.3 Å². The Morgan fingerprint density at radius 2 is 2.08 bits per heavy atom. The number of nitrogens with one attached hydrogen (secondary N) is 1. The Hall–Kier alpha value is -1.85. The molecule has 132 valence electrons. The van der Waals surface area contributed by atoms with Gasteiger partial charge in [0, 0.05) is 16.5 Å². The molecule has 1 aliphatic heterocycles. The molecule has 1 aliphatic rings. The molecule has 1 heterocycles. The predicted octanol–water partition coefficient (Wildman–Crippen LogP) is 4.08. The number of fused-ring (bicyclic) bond motifs is 1. The van der Waals surface area contributed by atoms with E-state index in [-0.39, 0.29) is 18.0 Å². The van der Waals surface area contributed by atoms with Crippen molar-refractivity contribution in [3.8, 4) is 5.75 Å². The number of carbonyl (C=O) groups excluding carboxylic acids is 1. The number of ether oxygens (including phenoxy) is 1. The molecule has 0 saturated heterocycles. The maximum absolute atomic E-state index is 13.1. The van der Waals surface area contributed by atoms with Crippen LogP contribution in [0.3, 0.4) is 0 Å². The van der Waals surface area contributed by atoms with Crippen LogP contribution in [0.25, 0.3) is 0 Å². The summed E-state index contributed by atoms with van der Waals surface area (Å²) in [5.74, 6) is 0.869. The number of carbonyl (C=O) groups is 1. The number of halogens is 1. The van der Waals surface area contributed by atoms with Gasteiger partial charge in [0.25, 0.3) is 0 Å². The van der Waals surface area contributed by atoms with Crippen LogP contribution in [-0.2, 0) is 4.79 Å². The Morgan fingerprint density at radius 1 is 1.32 bits per heavy atom. The van der Waals surface area contributed by atoms with Gasteiger partial charge in [-0.1, -0.05) is 53.2 Å². The van der Waals surface area contributed by atoms with Crippen molar-refractivity contribution in [1.29, 1.82) is 0 Å². The van der Waals surface area contributed by atoms with E-state index < -0.39 is 0 Å². The Kier molecular flexibility index (Phi) is 5.76. The molecule has 1 N–H and O–H groups in total. The summed E-state index contributed by atoms with van der Waals surface area (Å²) in [6.07, 6.45) is 0.770. The van der Waals surface area contributed by atoms with Crippen molar-refractivity contribution in [2.24, 2.45) is 0 Å². The highest BCUT2D eigenvalue weighted by molar-refractivity contribution is 9.10. The van der Waals surface area contributed by atoms with Crippen LogP contribution in [-0.4, -0.2) is 31.0 Å². The standard InChI is InChI=1S/C20H23BrN2O2/c1-3-23(2)19(14-7-5-4-6-8-14)20(24)22-17-11-12-25-18-10-9-15(21)13-16(17)18/h4-10,13,17,19H,3,11-12H2,1-2H3,(H,22,24). The fourth-order valence-electron chi connectivity index (χ4n) is 3.19. The normalized spacial score (nSPS) is 17.5. The number of nitrogens with zero attached hydrogens (tertiary/aromatic N) is 1. The molecule has 0 saturated carbocycles. The van der Waals surface area contributed by atoms with Crippen molar-refractivity contribution in [2.75, 3.05) is 20.2 Å². The van der Waals surface area contributed by atoms with Crippen LogP contribution in [0.4, 0.5) is 0 Å². The largest absolute Gasteiger partial charge is 0.493 e. The van der Waals surface area contributed by atoms with Gasteiger partial charge in [0.1, 0.15) is 11.8 Å². The van der Waals surface area contributed by atoms with Crippen molar-refractivity contribution >= 4 is 21.8 Å². The molecule has 3 rings (SSSR count). The molecule has 0 radical (unpaired) electrons. The lowest BCUT2D eigenvalue weighted by molar-refractivity contribution is -0.127. The molecule has 2 unspecified atom stereocenters. The second kappa shape index (κ2) is 8.02. The van der Waals surface area contributed by atoms with Crippen LogP contribution in [0, 0.1) is 0 Å². The van der Waals surface area contributed by atoms with Gasteiger partial charge in [0.05, 0.1) is 12.6 Å². The summed E-state index contributed by atoms with van der Waals surface area (Å²) in [7, 11) is 1.98. The first-order valence-corrected chi connectivity index (χ1v) is 9.37. The van der Waals surface area contributed by atoms with E-state index in [9.17, 15) is 4.79 Å². The number of amides is 1. The maximum Gasteiger partial charge on any atom is 0.242 e. The first-order chi connectivity index (χ1) is 12.1. The summed E-state index contributed by atoms with van der Waals surface area (Å²) in [6.45, 7) is 3.46. The van der Waals surface area contributed by atoms with Crippen LogP contribution in [0.1, 0.15) is 36.6 Å². The predicted molar refractivity (Wildman–Crippen MR) is 103 cm³/mol. The van der Waals surface area contributed by atoms with E-state index in [4.69, 9.17) is 4.74 Å². The molecule has 2 atom stereocenters. The second-order valence-electron chi connectivity index (χ2n) is 6.27. The van der Waals surface area contributed by atoms with Crippen molar-refractivity contribution in [3.63, 3.8) is 0 Å². The minimum absolute atomic E-state index is 0.0216. The lowest BCUT2D eigenvalue weighted by atomic mass is 9.99. The quantitative estimate of drug-likeness (QED) is 0.818. The average molecular weight is 403 g/mol. The van der Waals surface area contributed by atoms with Crippen molar-refractivity contribution in [2.45, 2.75) is 25.4 Å². The number of rotatable bonds is 5.